The van der Waals surface area contributed by atoms with Crippen LogP contribution in [0.4, 0.5) is 0 Å². The van der Waals surface area contributed by atoms with Gasteiger partial charge >= 0.3 is 0 Å². The molecule has 6 heteroatoms. The first kappa shape index (κ1) is 19.6. The summed E-state index contributed by atoms with van der Waals surface area (Å²) in [5.41, 5.74) is 4.33. The number of fused-ring (bicyclic) bond motifs is 1. The first-order chi connectivity index (χ1) is 14.0. The molecule has 6 nitrogen and oxygen atoms in total. The predicted octanol–water partition coefficient (Wildman–Crippen LogP) is 2.64. The Morgan fingerprint density at radius 3 is 2.69 bits per heavy atom. The highest BCUT2D eigenvalue weighted by Crippen LogP contribution is 2.26. The van der Waals surface area contributed by atoms with Crippen LogP contribution in [0.25, 0.3) is 0 Å². The largest absolute Gasteiger partial charge is 0.342 e. The normalized spacial score (nSPS) is 19.0. The zero-order valence-corrected chi connectivity index (χ0v) is 17.2. The van der Waals surface area contributed by atoms with E-state index in [1.54, 1.807) is 6.92 Å². The number of rotatable bonds is 3. The SMILES string of the molecule is CC(=O)N1CCC[C@@H](c2ncc3c(n2)CCN(C(=O)Cc2ccc(C)cc2)C3)C1. The number of hydrogen-bond acceptors (Lipinski definition) is 4. The molecule has 0 radical (unpaired) electrons. The smallest absolute Gasteiger partial charge is 0.227 e. The van der Waals surface area contributed by atoms with Crippen molar-refractivity contribution in [1.29, 1.82) is 0 Å². The van der Waals surface area contributed by atoms with Crippen LogP contribution in [0.2, 0.25) is 0 Å². The molecule has 1 fully saturated rings. The summed E-state index contributed by atoms with van der Waals surface area (Å²) in [5, 5.41) is 0. The first-order valence-electron chi connectivity index (χ1n) is 10.4. The molecule has 29 heavy (non-hydrogen) atoms. The van der Waals surface area contributed by atoms with E-state index < -0.39 is 0 Å². The molecule has 4 rings (SSSR count). The Hall–Kier alpha value is -2.76. The number of carbonyl (C=O) groups excluding carboxylic acids is 2. The topological polar surface area (TPSA) is 66.4 Å². The summed E-state index contributed by atoms with van der Waals surface area (Å²) in [4.78, 5) is 37.7. The first-order valence-corrected chi connectivity index (χ1v) is 10.4. The number of likely N-dealkylation sites (tertiary alicyclic amines) is 1. The van der Waals surface area contributed by atoms with E-state index in [1.807, 2.05) is 47.2 Å². The Morgan fingerprint density at radius 1 is 1.14 bits per heavy atom. The quantitative estimate of drug-likeness (QED) is 0.805. The van der Waals surface area contributed by atoms with Crippen molar-refractivity contribution in [2.45, 2.75) is 52.0 Å². The lowest BCUT2D eigenvalue weighted by molar-refractivity contribution is -0.131. The molecule has 0 unspecified atom stereocenters. The zero-order valence-electron chi connectivity index (χ0n) is 17.2. The van der Waals surface area contributed by atoms with E-state index in [4.69, 9.17) is 4.98 Å². The number of piperidine rings is 1. The van der Waals surface area contributed by atoms with Crippen molar-refractivity contribution in [3.63, 3.8) is 0 Å². The Balaban J connectivity index is 1.42. The molecular formula is C23H28N4O2. The lowest BCUT2D eigenvalue weighted by atomic mass is 9.96. The Labute approximate surface area is 172 Å². The third-order valence-electron chi connectivity index (χ3n) is 6.01. The summed E-state index contributed by atoms with van der Waals surface area (Å²) in [6.07, 6.45) is 5.08. The van der Waals surface area contributed by atoms with E-state index in [0.29, 0.717) is 26.1 Å². The van der Waals surface area contributed by atoms with Gasteiger partial charge in [-0.2, -0.15) is 0 Å². The molecule has 3 heterocycles. The number of amides is 2. The maximum atomic E-state index is 12.7. The fraction of sp³-hybridized carbons (Fsp3) is 0.478. The Bertz CT molecular complexity index is 910. The fourth-order valence-electron chi connectivity index (χ4n) is 4.21. The lowest BCUT2D eigenvalue weighted by Crippen LogP contribution is -2.39. The second-order valence-electron chi connectivity index (χ2n) is 8.23. The average Bonchev–Trinajstić information content (AvgIpc) is 2.74. The molecule has 0 bridgehead atoms. The summed E-state index contributed by atoms with van der Waals surface area (Å²) in [6, 6.07) is 8.13. The van der Waals surface area contributed by atoms with Crippen molar-refractivity contribution in [3.8, 4) is 0 Å². The number of carbonyl (C=O) groups is 2. The van der Waals surface area contributed by atoms with Gasteiger partial charge in [-0.1, -0.05) is 29.8 Å². The summed E-state index contributed by atoms with van der Waals surface area (Å²) in [7, 11) is 0. The molecule has 2 amide bonds. The molecule has 2 aliphatic rings. The van der Waals surface area contributed by atoms with Crippen LogP contribution in [-0.2, 0) is 29.0 Å². The van der Waals surface area contributed by atoms with Gasteiger partial charge in [0.1, 0.15) is 5.82 Å². The van der Waals surface area contributed by atoms with Gasteiger partial charge in [0.15, 0.2) is 0 Å². The molecule has 0 aliphatic carbocycles. The van der Waals surface area contributed by atoms with Crippen molar-refractivity contribution in [1.82, 2.24) is 19.8 Å². The van der Waals surface area contributed by atoms with Gasteiger partial charge in [0.25, 0.3) is 0 Å². The van der Waals surface area contributed by atoms with E-state index in [-0.39, 0.29) is 17.7 Å². The molecule has 152 valence electrons. The van der Waals surface area contributed by atoms with Crippen molar-refractivity contribution in [3.05, 3.63) is 58.7 Å². The number of nitrogens with zero attached hydrogens (tertiary/aromatic N) is 4. The highest BCUT2D eigenvalue weighted by atomic mass is 16.2. The van der Waals surface area contributed by atoms with Gasteiger partial charge in [0.05, 0.1) is 12.1 Å². The maximum Gasteiger partial charge on any atom is 0.227 e. The maximum absolute atomic E-state index is 12.7. The van der Waals surface area contributed by atoms with Gasteiger partial charge in [-0.15, -0.1) is 0 Å². The summed E-state index contributed by atoms with van der Waals surface area (Å²) >= 11 is 0. The minimum Gasteiger partial charge on any atom is -0.342 e. The van der Waals surface area contributed by atoms with Crippen LogP contribution in [0.1, 0.15) is 53.9 Å². The number of aromatic nitrogens is 2. The fourth-order valence-corrected chi connectivity index (χ4v) is 4.21. The second kappa shape index (κ2) is 8.31. The Kier molecular flexibility index (Phi) is 5.60. The van der Waals surface area contributed by atoms with Gasteiger partial charge in [0, 0.05) is 57.2 Å². The molecule has 1 aromatic carbocycles. The average molecular weight is 393 g/mol. The van der Waals surface area contributed by atoms with Gasteiger partial charge in [-0.05, 0) is 25.3 Å². The minimum atomic E-state index is 0.121. The standard InChI is InChI=1S/C23H28N4O2/c1-16-5-7-18(8-6-16)12-22(29)27-11-9-21-20(15-27)13-24-23(25-21)19-4-3-10-26(14-19)17(2)28/h5-8,13,19H,3-4,9-12,14-15H2,1-2H3/t19-/m1/s1. The molecule has 2 aliphatic heterocycles. The number of hydrogen-bond donors (Lipinski definition) is 0. The molecule has 1 aromatic heterocycles. The van der Waals surface area contributed by atoms with Crippen LogP contribution in [0, 0.1) is 6.92 Å². The molecule has 0 spiro atoms. The molecule has 2 aromatic rings. The van der Waals surface area contributed by atoms with Crippen molar-refractivity contribution in [2.24, 2.45) is 0 Å². The van der Waals surface area contributed by atoms with E-state index >= 15 is 0 Å². The summed E-state index contributed by atoms with van der Waals surface area (Å²) in [5.74, 6) is 1.32. The van der Waals surface area contributed by atoms with Crippen molar-refractivity contribution >= 4 is 11.8 Å². The van der Waals surface area contributed by atoms with Crippen LogP contribution in [0.5, 0.6) is 0 Å². The molecule has 0 N–H and O–H groups in total. The second-order valence-corrected chi connectivity index (χ2v) is 8.23. The number of aryl methyl sites for hydroxylation is 1. The van der Waals surface area contributed by atoms with Crippen molar-refractivity contribution < 1.29 is 9.59 Å². The van der Waals surface area contributed by atoms with Crippen LogP contribution in [-0.4, -0.2) is 51.2 Å². The predicted molar refractivity (Wildman–Crippen MR) is 110 cm³/mol. The van der Waals surface area contributed by atoms with Crippen molar-refractivity contribution in [2.75, 3.05) is 19.6 Å². The lowest BCUT2D eigenvalue weighted by Gasteiger charge is -2.32. The van der Waals surface area contributed by atoms with E-state index in [0.717, 1.165) is 48.5 Å². The third kappa shape index (κ3) is 4.47. The number of benzene rings is 1. The van der Waals surface area contributed by atoms with Gasteiger partial charge in [0.2, 0.25) is 11.8 Å². The van der Waals surface area contributed by atoms with Crippen LogP contribution < -0.4 is 0 Å². The zero-order chi connectivity index (χ0) is 20.4. The van der Waals surface area contributed by atoms with Gasteiger partial charge in [-0.3, -0.25) is 9.59 Å². The van der Waals surface area contributed by atoms with Crippen LogP contribution in [0.15, 0.2) is 30.5 Å². The molecule has 0 saturated carbocycles. The minimum absolute atomic E-state index is 0.121. The monoisotopic (exact) mass is 392 g/mol. The Morgan fingerprint density at radius 2 is 1.93 bits per heavy atom. The highest BCUT2D eigenvalue weighted by molar-refractivity contribution is 5.79. The molecular weight excluding hydrogens is 364 g/mol. The summed E-state index contributed by atoms with van der Waals surface area (Å²) < 4.78 is 0. The van der Waals surface area contributed by atoms with E-state index in [2.05, 4.69) is 4.98 Å². The summed E-state index contributed by atoms with van der Waals surface area (Å²) in [6.45, 7) is 6.47. The van der Waals surface area contributed by atoms with E-state index in [9.17, 15) is 9.59 Å². The van der Waals surface area contributed by atoms with Gasteiger partial charge in [-0.25, -0.2) is 9.97 Å². The molecule has 1 saturated heterocycles. The molecule has 1 atom stereocenters. The third-order valence-corrected chi connectivity index (χ3v) is 6.01. The van der Waals surface area contributed by atoms with Crippen LogP contribution >= 0.6 is 0 Å². The van der Waals surface area contributed by atoms with Crippen LogP contribution in [0.3, 0.4) is 0 Å². The van der Waals surface area contributed by atoms with E-state index in [1.165, 1.54) is 5.56 Å². The highest BCUT2D eigenvalue weighted by Gasteiger charge is 2.27. The van der Waals surface area contributed by atoms with Gasteiger partial charge < -0.3 is 9.80 Å².